The number of pyridine rings is 1. The van der Waals surface area contributed by atoms with Crippen molar-refractivity contribution in [3.8, 4) is 33.5 Å². The Hall–Kier alpha value is -6.65. The smallest absolute Gasteiger partial charge is 0.135 e. The molecule has 7 aromatic carbocycles. The molecule has 4 heteroatoms. The zero-order chi connectivity index (χ0) is 41.8. The Morgan fingerprint density at radius 2 is 0.933 bits per heavy atom. The molecule has 8 aromatic rings. The fourth-order valence-electron chi connectivity index (χ4n) is 8.85. The lowest BCUT2D eigenvalue weighted by Gasteiger charge is -2.34. The highest BCUT2D eigenvalue weighted by Gasteiger charge is 2.48. The maximum Gasteiger partial charge on any atom is 0.135 e. The minimum Gasteiger partial charge on any atom is -0.310 e. The molecule has 0 saturated heterocycles. The summed E-state index contributed by atoms with van der Waals surface area (Å²) in [4.78, 5) is 7.57. The molecular weight excluding hydrogens is 739 g/mol. The average molecular weight is 787 g/mol. The molecule has 0 fully saturated rings. The van der Waals surface area contributed by atoms with Crippen molar-refractivity contribution < 1.29 is 8.78 Å². The maximum absolute atomic E-state index is 16.4. The van der Waals surface area contributed by atoms with E-state index < -0.39 is 17.0 Å². The van der Waals surface area contributed by atoms with Crippen LogP contribution in [-0.2, 0) is 16.2 Å². The van der Waals surface area contributed by atoms with Crippen LogP contribution in [0.5, 0.6) is 0 Å². The Labute approximate surface area is 352 Å². The monoisotopic (exact) mass is 786 g/mol. The molecule has 60 heavy (non-hydrogen) atoms. The second-order valence-electron chi connectivity index (χ2n) is 17.9. The summed E-state index contributed by atoms with van der Waals surface area (Å²) in [7, 11) is 0. The lowest BCUT2D eigenvalue weighted by molar-refractivity contribution is 0.584. The normalized spacial score (nSPS) is 13.1. The highest BCUT2D eigenvalue weighted by Crippen LogP contribution is 2.57. The molecule has 0 N–H and O–H groups in total. The molecule has 1 aliphatic carbocycles. The average Bonchev–Trinajstić information content (AvgIpc) is 3.54. The first-order valence-corrected chi connectivity index (χ1v) is 20.7. The number of hydrogen-bond donors (Lipinski definition) is 0. The molecule has 0 amide bonds. The van der Waals surface area contributed by atoms with Crippen LogP contribution in [0.3, 0.4) is 0 Å². The molecule has 296 valence electrons. The zero-order valence-corrected chi connectivity index (χ0v) is 35.0. The SMILES string of the molecule is CC(C)(C)c1ccc2c(c1)C(c1ccccc1)(c1cccc(-c3cc(-c4cccc(N(c5ccccc5)c5ccccc5)c4)c(F)cc3F)n1)c1cc(C(C)(C)C)ccc1-2. The molecule has 1 aromatic heterocycles. The second kappa shape index (κ2) is 14.9. The Morgan fingerprint density at radius 1 is 0.433 bits per heavy atom. The van der Waals surface area contributed by atoms with Crippen molar-refractivity contribution in [2.24, 2.45) is 0 Å². The third-order valence-corrected chi connectivity index (χ3v) is 12.0. The number of benzene rings is 7. The maximum atomic E-state index is 16.4. The van der Waals surface area contributed by atoms with E-state index in [1.54, 1.807) is 6.07 Å². The van der Waals surface area contributed by atoms with Gasteiger partial charge < -0.3 is 4.90 Å². The standard InChI is InChI=1S/C56H48F2N2/c1-54(2,3)39-28-30-44-45-31-29-40(55(4,5)6)34-49(45)56(48(44)33-39,38-19-10-7-11-20-38)53-27-17-26-52(59-53)47-35-46(50(57)36-51(47)58)37-18-16-25-43(32-37)60(41-21-12-8-13-22-41)42-23-14-9-15-24-42/h7-36H,1-6H3. The zero-order valence-electron chi connectivity index (χ0n) is 35.0. The number of halogens is 2. The highest BCUT2D eigenvalue weighted by atomic mass is 19.1. The van der Waals surface area contributed by atoms with E-state index in [0.717, 1.165) is 56.6 Å². The molecule has 0 aliphatic heterocycles. The number of para-hydroxylation sites is 2. The lowest BCUT2D eigenvalue weighted by Crippen LogP contribution is -2.31. The minimum atomic E-state index is -0.823. The molecule has 0 unspecified atom stereocenters. The number of fused-ring (bicyclic) bond motifs is 3. The number of rotatable bonds is 7. The van der Waals surface area contributed by atoms with Crippen molar-refractivity contribution >= 4 is 17.1 Å². The molecule has 2 nitrogen and oxygen atoms in total. The quantitative estimate of drug-likeness (QED) is 0.160. The summed E-state index contributed by atoms with van der Waals surface area (Å²) in [5, 5.41) is 0. The van der Waals surface area contributed by atoms with Crippen molar-refractivity contribution in [3.63, 3.8) is 0 Å². The third-order valence-electron chi connectivity index (χ3n) is 12.0. The van der Waals surface area contributed by atoms with Gasteiger partial charge in [-0.05, 0) is 110 Å². The van der Waals surface area contributed by atoms with Gasteiger partial charge in [0.1, 0.15) is 11.6 Å². The third kappa shape index (κ3) is 6.70. The number of aromatic nitrogens is 1. The Morgan fingerprint density at radius 3 is 1.48 bits per heavy atom. The molecule has 0 saturated carbocycles. The fourth-order valence-corrected chi connectivity index (χ4v) is 8.85. The summed E-state index contributed by atoms with van der Waals surface area (Å²) >= 11 is 0. The fraction of sp³-hybridized carbons (Fsp3) is 0.161. The molecule has 0 spiro atoms. The number of anilines is 3. The van der Waals surface area contributed by atoms with Crippen molar-refractivity contribution in [3.05, 3.63) is 227 Å². The summed E-state index contributed by atoms with van der Waals surface area (Å²) in [6.07, 6.45) is 0. The van der Waals surface area contributed by atoms with Crippen LogP contribution in [0.1, 0.15) is 75.1 Å². The van der Waals surface area contributed by atoms with Crippen molar-refractivity contribution in [2.45, 2.75) is 57.8 Å². The number of hydrogen-bond acceptors (Lipinski definition) is 2. The van der Waals surface area contributed by atoms with E-state index in [9.17, 15) is 0 Å². The Kier molecular flexibility index (Phi) is 9.63. The molecule has 1 heterocycles. The van der Waals surface area contributed by atoms with Gasteiger partial charge in [-0.25, -0.2) is 8.78 Å². The predicted molar refractivity (Wildman–Crippen MR) is 244 cm³/mol. The summed E-state index contributed by atoms with van der Waals surface area (Å²) in [6, 6.07) is 60.7. The van der Waals surface area contributed by atoms with Crippen molar-refractivity contribution in [1.82, 2.24) is 4.98 Å². The van der Waals surface area contributed by atoms with Crippen LogP contribution in [0.2, 0.25) is 0 Å². The van der Waals surface area contributed by atoms with Gasteiger partial charge in [-0.15, -0.1) is 0 Å². The molecule has 0 radical (unpaired) electrons. The van der Waals surface area contributed by atoms with Gasteiger partial charge in [0.05, 0.1) is 16.8 Å². The van der Waals surface area contributed by atoms with Gasteiger partial charge >= 0.3 is 0 Å². The molecule has 9 rings (SSSR count). The van der Waals surface area contributed by atoms with Crippen LogP contribution >= 0.6 is 0 Å². The van der Waals surface area contributed by atoms with Crippen molar-refractivity contribution in [2.75, 3.05) is 4.90 Å². The molecule has 0 bridgehead atoms. The van der Waals surface area contributed by atoms with Gasteiger partial charge in [0.2, 0.25) is 0 Å². The van der Waals surface area contributed by atoms with E-state index >= 15 is 8.78 Å². The van der Waals surface area contributed by atoms with E-state index in [0.29, 0.717) is 16.8 Å². The summed E-state index contributed by atoms with van der Waals surface area (Å²) in [6.45, 7) is 13.4. The summed E-state index contributed by atoms with van der Waals surface area (Å²) < 4.78 is 32.5. The topological polar surface area (TPSA) is 16.1 Å². The van der Waals surface area contributed by atoms with E-state index in [4.69, 9.17) is 4.98 Å². The van der Waals surface area contributed by atoms with Gasteiger partial charge in [-0.1, -0.05) is 163 Å². The van der Waals surface area contributed by atoms with Crippen LogP contribution in [0.25, 0.3) is 33.5 Å². The molecule has 1 aliphatic rings. The Bertz CT molecular complexity index is 2750. The lowest BCUT2D eigenvalue weighted by atomic mass is 9.68. The minimum absolute atomic E-state index is 0.109. The van der Waals surface area contributed by atoms with Gasteiger partial charge in [-0.3, -0.25) is 4.98 Å². The van der Waals surface area contributed by atoms with Crippen LogP contribution < -0.4 is 4.90 Å². The first-order chi connectivity index (χ1) is 28.8. The van der Waals surface area contributed by atoms with Gasteiger partial charge in [0.25, 0.3) is 0 Å². The van der Waals surface area contributed by atoms with Crippen LogP contribution in [0.4, 0.5) is 25.8 Å². The van der Waals surface area contributed by atoms with Crippen LogP contribution in [0.15, 0.2) is 182 Å². The van der Waals surface area contributed by atoms with Gasteiger partial charge in [0, 0.05) is 34.3 Å². The van der Waals surface area contributed by atoms with Gasteiger partial charge in [-0.2, -0.15) is 0 Å². The van der Waals surface area contributed by atoms with E-state index in [1.165, 1.54) is 11.1 Å². The first kappa shape index (κ1) is 38.8. The van der Waals surface area contributed by atoms with E-state index in [1.807, 2.05) is 103 Å². The van der Waals surface area contributed by atoms with Gasteiger partial charge in [0.15, 0.2) is 0 Å². The van der Waals surface area contributed by atoms with Crippen LogP contribution in [0, 0.1) is 11.6 Å². The molecular formula is C56H48F2N2. The largest absolute Gasteiger partial charge is 0.310 e. The number of nitrogens with zero attached hydrogens (tertiary/aromatic N) is 2. The van der Waals surface area contributed by atoms with Crippen LogP contribution in [-0.4, -0.2) is 4.98 Å². The summed E-state index contributed by atoms with van der Waals surface area (Å²) in [5.74, 6) is -1.31. The summed E-state index contributed by atoms with van der Waals surface area (Å²) in [5.41, 5.74) is 12.2. The Balaban J connectivity index is 1.24. The molecule has 0 atom stereocenters. The predicted octanol–water partition coefficient (Wildman–Crippen LogP) is 15.1. The van der Waals surface area contributed by atoms with E-state index in [2.05, 4.69) is 113 Å². The highest BCUT2D eigenvalue weighted by molar-refractivity contribution is 5.87. The second-order valence-corrected chi connectivity index (χ2v) is 17.9. The van der Waals surface area contributed by atoms with E-state index in [-0.39, 0.29) is 16.4 Å². The van der Waals surface area contributed by atoms with Crippen molar-refractivity contribution in [1.29, 1.82) is 0 Å². The first-order valence-electron chi connectivity index (χ1n) is 20.7.